The van der Waals surface area contributed by atoms with E-state index in [9.17, 15) is 9.59 Å². The number of carboxylic acids is 1. The molecule has 1 unspecified atom stereocenters. The number of rotatable bonds is 9. The minimum absolute atomic E-state index is 0.145. The van der Waals surface area contributed by atoms with Crippen molar-refractivity contribution in [2.45, 2.75) is 45.4 Å². The largest absolute Gasteiger partial charge is 0.481 e. The molecular formula is C13H24N2O3. The van der Waals surface area contributed by atoms with E-state index < -0.39 is 5.97 Å². The molecule has 0 aromatic heterocycles. The van der Waals surface area contributed by atoms with Gasteiger partial charge in [-0.05, 0) is 31.1 Å². The van der Waals surface area contributed by atoms with Crippen LogP contribution < -0.4 is 10.6 Å². The first kappa shape index (κ1) is 14.8. The second kappa shape index (κ2) is 7.95. The average molecular weight is 256 g/mol. The van der Waals surface area contributed by atoms with E-state index in [1.165, 1.54) is 19.3 Å². The highest BCUT2D eigenvalue weighted by molar-refractivity contribution is 5.73. The van der Waals surface area contributed by atoms with Gasteiger partial charge in [-0.25, -0.2) is 4.79 Å². The van der Waals surface area contributed by atoms with E-state index in [1.54, 1.807) is 0 Å². The molecule has 0 bridgehead atoms. The quantitative estimate of drug-likeness (QED) is 0.552. The normalized spacial score (nSPS) is 16.1. The first-order valence-electron chi connectivity index (χ1n) is 6.81. The van der Waals surface area contributed by atoms with Crippen LogP contribution in [0.2, 0.25) is 0 Å². The summed E-state index contributed by atoms with van der Waals surface area (Å²) < 4.78 is 0. The Kier molecular flexibility index (Phi) is 6.54. The van der Waals surface area contributed by atoms with Crippen molar-refractivity contribution in [2.24, 2.45) is 11.8 Å². The van der Waals surface area contributed by atoms with E-state index >= 15 is 0 Å². The molecule has 1 atom stereocenters. The molecule has 18 heavy (non-hydrogen) atoms. The van der Waals surface area contributed by atoms with Gasteiger partial charge in [0, 0.05) is 19.5 Å². The van der Waals surface area contributed by atoms with Gasteiger partial charge < -0.3 is 15.7 Å². The van der Waals surface area contributed by atoms with Crippen molar-refractivity contribution in [1.29, 1.82) is 0 Å². The summed E-state index contributed by atoms with van der Waals surface area (Å²) in [6.07, 6.45) is 5.73. The van der Waals surface area contributed by atoms with Gasteiger partial charge in [0.2, 0.25) is 0 Å². The Bertz CT molecular complexity index is 277. The molecule has 104 valence electrons. The predicted molar refractivity (Wildman–Crippen MR) is 69.4 cm³/mol. The average Bonchev–Trinajstić information content (AvgIpc) is 3.13. The predicted octanol–water partition coefficient (Wildman–Crippen LogP) is 1.98. The third-order valence-electron chi connectivity index (χ3n) is 3.23. The van der Waals surface area contributed by atoms with Gasteiger partial charge in [-0.1, -0.05) is 19.8 Å². The molecule has 0 aliphatic heterocycles. The van der Waals surface area contributed by atoms with Crippen LogP contribution in [-0.2, 0) is 4.79 Å². The lowest BCUT2D eigenvalue weighted by Gasteiger charge is -2.12. The van der Waals surface area contributed by atoms with Crippen LogP contribution in [0.25, 0.3) is 0 Å². The van der Waals surface area contributed by atoms with Crippen molar-refractivity contribution in [1.82, 2.24) is 10.6 Å². The van der Waals surface area contributed by atoms with Crippen molar-refractivity contribution in [3.05, 3.63) is 0 Å². The molecule has 2 amide bonds. The topological polar surface area (TPSA) is 78.4 Å². The fourth-order valence-corrected chi connectivity index (χ4v) is 1.80. The molecule has 0 saturated heterocycles. The molecule has 1 saturated carbocycles. The molecule has 1 aliphatic rings. The van der Waals surface area contributed by atoms with E-state index in [1.807, 2.05) is 6.92 Å². The Morgan fingerprint density at radius 3 is 2.67 bits per heavy atom. The molecule has 3 N–H and O–H groups in total. The van der Waals surface area contributed by atoms with Crippen molar-refractivity contribution in [2.75, 3.05) is 13.1 Å². The summed E-state index contributed by atoms with van der Waals surface area (Å²) in [5.41, 5.74) is 0. The Labute approximate surface area is 108 Å². The first-order chi connectivity index (χ1) is 8.58. The molecule has 0 aromatic carbocycles. The molecule has 5 heteroatoms. The number of carbonyl (C=O) groups excluding carboxylic acids is 1. The van der Waals surface area contributed by atoms with Crippen LogP contribution in [0.4, 0.5) is 4.79 Å². The number of carbonyl (C=O) groups is 2. The van der Waals surface area contributed by atoms with Crippen LogP contribution in [0.3, 0.4) is 0 Å². The summed E-state index contributed by atoms with van der Waals surface area (Å²) in [5.74, 6) is 0.315. The summed E-state index contributed by atoms with van der Waals surface area (Å²) >= 11 is 0. The van der Waals surface area contributed by atoms with Gasteiger partial charge in [-0.2, -0.15) is 0 Å². The van der Waals surface area contributed by atoms with Crippen LogP contribution in [-0.4, -0.2) is 30.2 Å². The van der Waals surface area contributed by atoms with Gasteiger partial charge in [0.05, 0.1) is 0 Å². The number of hydrogen-bond acceptors (Lipinski definition) is 2. The number of hydrogen-bond donors (Lipinski definition) is 3. The molecule has 1 fully saturated rings. The molecule has 0 aromatic rings. The second-order valence-electron chi connectivity index (χ2n) is 5.26. The van der Waals surface area contributed by atoms with E-state index in [4.69, 9.17) is 5.11 Å². The third-order valence-corrected chi connectivity index (χ3v) is 3.23. The van der Waals surface area contributed by atoms with Crippen LogP contribution in [0, 0.1) is 11.8 Å². The lowest BCUT2D eigenvalue weighted by atomic mass is 10.1. The summed E-state index contributed by atoms with van der Waals surface area (Å²) in [5, 5.41) is 14.1. The number of amides is 2. The Morgan fingerprint density at radius 2 is 2.06 bits per heavy atom. The molecule has 0 radical (unpaired) electrons. The van der Waals surface area contributed by atoms with Crippen LogP contribution in [0.1, 0.15) is 45.4 Å². The highest BCUT2D eigenvalue weighted by atomic mass is 16.4. The fraction of sp³-hybridized carbons (Fsp3) is 0.846. The number of carboxylic acid groups (broad SMARTS) is 1. The Hall–Kier alpha value is -1.26. The zero-order valence-corrected chi connectivity index (χ0v) is 11.1. The summed E-state index contributed by atoms with van der Waals surface area (Å²) in [6, 6.07) is -0.145. The van der Waals surface area contributed by atoms with Gasteiger partial charge in [-0.15, -0.1) is 0 Å². The minimum Gasteiger partial charge on any atom is -0.481 e. The molecule has 1 aliphatic carbocycles. The van der Waals surface area contributed by atoms with Gasteiger partial charge in [-0.3, -0.25) is 4.79 Å². The molecule has 1 rings (SSSR count). The van der Waals surface area contributed by atoms with Crippen molar-refractivity contribution >= 4 is 12.0 Å². The maximum absolute atomic E-state index is 11.4. The van der Waals surface area contributed by atoms with Crippen molar-refractivity contribution < 1.29 is 14.7 Å². The molecule has 0 heterocycles. The lowest BCUT2D eigenvalue weighted by molar-refractivity contribution is -0.137. The third kappa shape index (κ3) is 7.92. The van der Waals surface area contributed by atoms with Gasteiger partial charge in [0.15, 0.2) is 0 Å². The van der Waals surface area contributed by atoms with Gasteiger partial charge in [0.1, 0.15) is 0 Å². The minimum atomic E-state index is -0.786. The fourth-order valence-electron chi connectivity index (χ4n) is 1.80. The lowest BCUT2D eigenvalue weighted by Crippen LogP contribution is -2.38. The maximum Gasteiger partial charge on any atom is 0.314 e. The Morgan fingerprint density at radius 1 is 1.33 bits per heavy atom. The molecule has 5 nitrogen and oxygen atoms in total. The maximum atomic E-state index is 11.4. The summed E-state index contributed by atoms with van der Waals surface area (Å²) in [6.45, 7) is 3.20. The zero-order valence-electron chi connectivity index (χ0n) is 11.1. The second-order valence-corrected chi connectivity index (χ2v) is 5.26. The van der Waals surface area contributed by atoms with Gasteiger partial charge in [0.25, 0.3) is 0 Å². The SMILES string of the molecule is CC(CCC(=O)O)CNC(=O)NCCCC1CC1. The summed E-state index contributed by atoms with van der Waals surface area (Å²) in [4.78, 5) is 21.8. The zero-order chi connectivity index (χ0) is 13.4. The Balaban J connectivity index is 1.92. The highest BCUT2D eigenvalue weighted by Crippen LogP contribution is 2.33. The van der Waals surface area contributed by atoms with E-state index in [2.05, 4.69) is 10.6 Å². The van der Waals surface area contributed by atoms with E-state index in [0.29, 0.717) is 13.0 Å². The first-order valence-corrected chi connectivity index (χ1v) is 6.81. The van der Waals surface area contributed by atoms with Crippen LogP contribution in [0.15, 0.2) is 0 Å². The van der Waals surface area contributed by atoms with Crippen molar-refractivity contribution in [3.63, 3.8) is 0 Å². The van der Waals surface area contributed by atoms with Crippen molar-refractivity contribution in [3.8, 4) is 0 Å². The molecular weight excluding hydrogens is 232 g/mol. The van der Waals surface area contributed by atoms with E-state index in [0.717, 1.165) is 18.9 Å². The standard InChI is InChI=1S/C13H24N2O3/c1-10(4-7-12(16)17)9-15-13(18)14-8-2-3-11-5-6-11/h10-11H,2-9H2,1H3,(H,16,17)(H2,14,15,18). The van der Waals surface area contributed by atoms with Crippen LogP contribution in [0.5, 0.6) is 0 Å². The number of urea groups is 1. The number of aliphatic carboxylic acids is 1. The summed E-state index contributed by atoms with van der Waals surface area (Å²) in [7, 11) is 0. The monoisotopic (exact) mass is 256 g/mol. The molecule has 0 spiro atoms. The van der Waals surface area contributed by atoms with Crippen LogP contribution >= 0.6 is 0 Å². The van der Waals surface area contributed by atoms with Gasteiger partial charge >= 0.3 is 12.0 Å². The highest BCUT2D eigenvalue weighted by Gasteiger charge is 2.20. The smallest absolute Gasteiger partial charge is 0.314 e. The number of nitrogens with one attached hydrogen (secondary N) is 2. The van der Waals surface area contributed by atoms with E-state index in [-0.39, 0.29) is 18.4 Å².